The van der Waals surface area contributed by atoms with E-state index in [0.717, 1.165) is 25.7 Å². The molecule has 0 spiro atoms. The Bertz CT molecular complexity index is 823. The van der Waals surface area contributed by atoms with E-state index in [0.29, 0.717) is 30.3 Å². The van der Waals surface area contributed by atoms with Gasteiger partial charge in [0.1, 0.15) is 5.82 Å². The van der Waals surface area contributed by atoms with E-state index in [1.165, 1.54) is 11.6 Å². The van der Waals surface area contributed by atoms with Crippen LogP contribution >= 0.6 is 11.6 Å². The molecule has 0 radical (unpaired) electrons. The smallest absolute Gasteiger partial charge is 0.226 e. The minimum absolute atomic E-state index is 0.0318. The number of halogens is 2. The van der Waals surface area contributed by atoms with Crippen LogP contribution in [0.1, 0.15) is 36.3 Å². The molecule has 1 heterocycles. The van der Waals surface area contributed by atoms with Crippen LogP contribution in [-0.2, 0) is 16.0 Å². The van der Waals surface area contributed by atoms with Crippen LogP contribution in [0.15, 0.2) is 48.5 Å². The van der Waals surface area contributed by atoms with Crippen LogP contribution < -0.4 is 0 Å². The lowest BCUT2D eigenvalue weighted by Crippen LogP contribution is -2.58. The van der Waals surface area contributed by atoms with Gasteiger partial charge in [-0.3, -0.25) is 4.79 Å². The number of aryl methyl sites for hydroxylation is 1. The first-order valence-corrected chi connectivity index (χ1v) is 10.4. The predicted octanol–water partition coefficient (Wildman–Crippen LogP) is 4.83. The summed E-state index contributed by atoms with van der Waals surface area (Å²) in [6.45, 7) is 2.01. The Labute approximate surface area is 170 Å². The Hall–Kier alpha value is -1.91. The monoisotopic (exact) mass is 401 g/mol. The molecule has 148 valence electrons. The van der Waals surface area contributed by atoms with Crippen LogP contribution in [0.3, 0.4) is 0 Å². The maximum atomic E-state index is 14.2. The lowest BCUT2D eigenvalue weighted by molar-refractivity contribution is -0.153. The molecule has 3 nitrogen and oxygen atoms in total. The summed E-state index contributed by atoms with van der Waals surface area (Å²) < 4.78 is 20.1. The van der Waals surface area contributed by atoms with Gasteiger partial charge >= 0.3 is 0 Å². The van der Waals surface area contributed by atoms with Gasteiger partial charge in [0.25, 0.3) is 0 Å². The normalized spacial score (nSPS) is 21.9. The molecule has 0 bridgehead atoms. The largest absolute Gasteiger partial charge is 0.375 e. The Kier molecular flexibility index (Phi) is 5.98. The third kappa shape index (κ3) is 4.23. The van der Waals surface area contributed by atoms with E-state index >= 15 is 0 Å². The van der Waals surface area contributed by atoms with Crippen LogP contribution in [0, 0.1) is 11.7 Å². The predicted molar refractivity (Wildman–Crippen MR) is 108 cm³/mol. The van der Waals surface area contributed by atoms with Gasteiger partial charge in [0.05, 0.1) is 6.10 Å². The van der Waals surface area contributed by atoms with Crippen molar-refractivity contribution in [1.82, 2.24) is 4.90 Å². The van der Waals surface area contributed by atoms with Gasteiger partial charge in [-0.25, -0.2) is 4.39 Å². The Morgan fingerprint density at radius 2 is 1.93 bits per heavy atom. The van der Waals surface area contributed by atoms with Crippen LogP contribution in [0.2, 0.25) is 5.02 Å². The zero-order valence-electron chi connectivity index (χ0n) is 15.8. The molecule has 1 aliphatic carbocycles. The molecule has 2 aliphatic rings. The number of ether oxygens (including phenoxy) is 1. The molecule has 4 rings (SSSR count). The molecular formula is C23H25ClFNO2. The molecule has 2 fully saturated rings. The Morgan fingerprint density at radius 3 is 2.61 bits per heavy atom. The van der Waals surface area contributed by atoms with Gasteiger partial charge < -0.3 is 9.64 Å². The minimum Gasteiger partial charge on any atom is -0.375 e. The number of nitrogens with zero attached hydrogens (tertiary/aromatic N) is 1. The zero-order valence-corrected chi connectivity index (χ0v) is 16.6. The van der Waals surface area contributed by atoms with E-state index in [4.69, 9.17) is 16.3 Å². The molecular weight excluding hydrogens is 377 g/mol. The van der Waals surface area contributed by atoms with Crippen LogP contribution in [-0.4, -0.2) is 36.6 Å². The van der Waals surface area contributed by atoms with E-state index in [2.05, 4.69) is 24.3 Å². The summed E-state index contributed by atoms with van der Waals surface area (Å²) in [5.41, 5.74) is 1.94. The van der Waals surface area contributed by atoms with Crippen molar-refractivity contribution in [3.63, 3.8) is 0 Å². The number of hydrogen-bond acceptors (Lipinski definition) is 2. The first-order valence-electron chi connectivity index (χ1n) is 10.0. The third-order valence-electron chi connectivity index (χ3n) is 5.92. The molecule has 0 N–H and O–H groups in total. The Balaban J connectivity index is 1.20. The fraction of sp³-hybridized carbons (Fsp3) is 0.435. The maximum absolute atomic E-state index is 14.2. The highest BCUT2D eigenvalue weighted by molar-refractivity contribution is 6.30. The summed E-state index contributed by atoms with van der Waals surface area (Å²) in [7, 11) is 0. The molecule has 5 heteroatoms. The average Bonchev–Trinajstić information content (AvgIpc) is 2.62. The van der Waals surface area contributed by atoms with Crippen LogP contribution in [0.4, 0.5) is 4.39 Å². The average molecular weight is 402 g/mol. The lowest BCUT2D eigenvalue weighted by Gasteiger charge is -2.45. The van der Waals surface area contributed by atoms with Gasteiger partial charge in [-0.05, 0) is 54.9 Å². The van der Waals surface area contributed by atoms with Gasteiger partial charge in [0.2, 0.25) is 5.91 Å². The van der Waals surface area contributed by atoms with Crippen molar-refractivity contribution in [2.75, 3.05) is 19.7 Å². The number of benzene rings is 2. The summed E-state index contributed by atoms with van der Waals surface area (Å²) in [5, 5.41) is 0.387. The minimum atomic E-state index is -0.307. The summed E-state index contributed by atoms with van der Waals surface area (Å²) in [6, 6.07) is 15.1. The molecule has 2 atom stereocenters. The van der Waals surface area contributed by atoms with Crippen LogP contribution in [0.25, 0.3) is 0 Å². The number of carbonyl (C=O) groups is 1. The molecule has 2 unspecified atom stereocenters. The number of likely N-dealkylation sites (tertiary alicyclic amines) is 1. The van der Waals surface area contributed by atoms with E-state index in [1.54, 1.807) is 12.1 Å². The van der Waals surface area contributed by atoms with Crippen molar-refractivity contribution in [3.05, 3.63) is 70.5 Å². The zero-order chi connectivity index (χ0) is 19.5. The third-order valence-corrected chi connectivity index (χ3v) is 6.15. The molecule has 0 aromatic heterocycles. The number of hydrogen-bond donors (Lipinski definition) is 0. The summed E-state index contributed by atoms with van der Waals surface area (Å²) >= 11 is 5.84. The topological polar surface area (TPSA) is 29.5 Å². The highest BCUT2D eigenvalue weighted by atomic mass is 35.5. The van der Waals surface area contributed by atoms with E-state index in [1.807, 2.05) is 11.0 Å². The highest BCUT2D eigenvalue weighted by Crippen LogP contribution is 2.45. The van der Waals surface area contributed by atoms with Gasteiger partial charge in [-0.15, -0.1) is 0 Å². The molecule has 2 aromatic rings. The molecule has 1 saturated carbocycles. The molecule has 1 aliphatic heterocycles. The number of amides is 1. The van der Waals surface area contributed by atoms with E-state index < -0.39 is 0 Å². The second kappa shape index (κ2) is 8.62. The lowest BCUT2D eigenvalue weighted by atomic mass is 9.69. The number of rotatable bonds is 7. The first kappa shape index (κ1) is 19.4. The molecule has 2 aromatic carbocycles. The van der Waals surface area contributed by atoms with Crippen molar-refractivity contribution in [2.45, 2.75) is 37.7 Å². The maximum Gasteiger partial charge on any atom is 0.226 e. The van der Waals surface area contributed by atoms with Gasteiger partial charge in [-0.2, -0.15) is 0 Å². The highest BCUT2D eigenvalue weighted by Gasteiger charge is 2.43. The Morgan fingerprint density at radius 1 is 1.14 bits per heavy atom. The molecule has 28 heavy (non-hydrogen) atoms. The van der Waals surface area contributed by atoms with Crippen molar-refractivity contribution < 1.29 is 13.9 Å². The quantitative estimate of drug-likeness (QED) is 0.622. The van der Waals surface area contributed by atoms with Crippen molar-refractivity contribution in [2.24, 2.45) is 5.92 Å². The van der Waals surface area contributed by atoms with Gasteiger partial charge in [0.15, 0.2) is 0 Å². The second-order valence-electron chi connectivity index (χ2n) is 7.78. The second-order valence-corrected chi connectivity index (χ2v) is 8.22. The summed E-state index contributed by atoms with van der Waals surface area (Å²) in [4.78, 5) is 14.6. The molecule has 1 amide bonds. The molecule has 1 saturated heterocycles. The standard InChI is InChI=1S/C23H25ClFNO2/c24-17-8-9-20(22(25)13-17)19-10-11-21(19)23(27)26-14-18(15-26)28-12-4-7-16-5-2-1-3-6-16/h1-3,5-6,8-9,13,18-19,21H,4,7,10-12,14-15H2. The summed E-state index contributed by atoms with van der Waals surface area (Å²) in [5.74, 6) is -0.321. The fourth-order valence-corrected chi connectivity index (χ4v) is 4.26. The van der Waals surface area contributed by atoms with Crippen LogP contribution in [0.5, 0.6) is 0 Å². The van der Waals surface area contributed by atoms with Gasteiger partial charge in [-0.1, -0.05) is 48.0 Å². The first-order chi connectivity index (χ1) is 13.6. The van der Waals surface area contributed by atoms with Crippen molar-refractivity contribution >= 4 is 17.5 Å². The fourth-order valence-electron chi connectivity index (χ4n) is 4.10. The van der Waals surface area contributed by atoms with E-state index in [-0.39, 0.29) is 29.7 Å². The summed E-state index contributed by atoms with van der Waals surface area (Å²) in [6.07, 6.45) is 3.79. The van der Waals surface area contributed by atoms with Crippen molar-refractivity contribution in [1.29, 1.82) is 0 Å². The SMILES string of the molecule is O=C(C1CCC1c1ccc(Cl)cc1F)N1CC(OCCCc2ccccc2)C1. The van der Waals surface area contributed by atoms with E-state index in [9.17, 15) is 9.18 Å². The van der Waals surface area contributed by atoms with Gasteiger partial charge in [0, 0.05) is 30.6 Å². The van der Waals surface area contributed by atoms with Crippen molar-refractivity contribution in [3.8, 4) is 0 Å². The number of carbonyl (C=O) groups excluding carboxylic acids is 1.